The molecule has 0 heterocycles. The third kappa shape index (κ3) is 3.96. The Morgan fingerprint density at radius 3 is 2.77 bits per heavy atom. The molecule has 0 atom stereocenters. The molecular formula is C9H17ClN2O. The summed E-state index contributed by atoms with van der Waals surface area (Å²) < 4.78 is 0. The Balaban J connectivity index is 2.05. The molecule has 0 bridgehead atoms. The van der Waals surface area contributed by atoms with E-state index in [9.17, 15) is 4.79 Å². The third-order valence-electron chi connectivity index (χ3n) is 2.31. The van der Waals surface area contributed by atoms with Crippen molar-refractivity contribution in [1.29, 1.82) is 0 Å². The van der Waals surface area contributed by atoms with Crippen LogP contribution >= 0.6 is 11.6 Å². The van der Waals surface area contributed by atoms with Gasteiger partial charge < -0.3 is 5.32 Å². The summed E-state index contributed by atoms with van der Waals surface area (Å²) in [4.78, 5) is 13.2. The normalized spacial score (nSPS) is 16.2. The van der Waals surface area contributed by atoms with Gasteiger partial charge in [-0.2, -0.15) is 0 Å². The maximum absolute atomic E-state index is 10.8. The van der Waals surface area contributed by atoms with Crippen molar-refractivity contribution in [2.45, 2.75) is 25.8 Å². The van der Waals surface area contributed by atoms with Gasteiger partial charge >= 0.3 is 0 Å². The number of amides is 1. The summed E-state index contributed by atoms with van der Waals surface area (Å²) in [6.45, 7) is 4.89. The van der Waals surface area contributed by atoms with Crippen molar-refractivity contribution in [3.63, 3.8) is 0 Å². The van der Waals surface area contributed by atoms with Crippen LogP contribution in [0, 0.1) is 0 Å². The van der Waals surface area contributed by atoms with Crippen molar-refractivity contribution < 1.29 is 4.79 Å². The van der Waals surface area contributed by atoms with Crippen molar-refractivity contribution in [2.75, 3.05) is 25.5 Å². The molecule has 1 N–H and O–H groups in total. The van der Waals surface area contributed by atoms with Crippen molar-refractivity contribution >= 4 is 17.5 Å². The molecule has 0 spiro atoms. The number of rotatable bonds is 6. The summed E-state index contributed by atoms with van der Waals surface area (Å²) in [6.07, 6.45) is 2.63. The van der Waals surface area contributed by atoms with Gasteiger partial charge in [-0.15, -0.1) is 11.6 Å². The maximum Gasteiger partial charge on any atom is 0.234 e. The van der Waals surface area contributed by atoms with E-state index in [1.807, 2.05) is 0 Å². The fourth-order valence-corrected chi connectivity index (χ4v) is 1.52. The molecule has 0 radical (unpaired) electrons. The van der Waals surface area contributed by atoms with Gasteiger partial charge in [0.15, 0.2) is 0 Å². The average molecular weight is 205 g/mol. The van der Waals surface area contributed by atoms with Crippen LogP contribution in [0.15, 0.2) is 0 Å². The summed E-state index contributed by atoms with van der Waals surface area (Å²) in [5, 5.41) is 2.77. The van der Waals surface area contributed by atoms with Gasteiger partial charge in [0.1, 0.15) is 5.88 Å². The molecule has 76 valence electrons. The predicted molar refractivity (Wildman–Crippen MR) is 54.0 cm³/mol. The third-order valence-corrected chi connectivity index (χ3v) is 2.55. The van der Waals surface area contributed by atoms with E-state index in [2.05, 4.69) is 17.1 Å². The van der Waals surface area contributed by atoms with Gasteiger partial charge in [0, 0.05) is 19.1 Å². The number of alkyl halides is 1. The van der Waals surface area contributed by atoms with Crippen molar-refractivity contribution in [1.82, 2.24) is 10.2 Å². The zero-order valence-corrected chi connectivity index (χ0v) is 8.81. The molecule has 0 aromatic rings. The molecule has 0 unspecified atom stereocenters. The van der Waals surface area contributed by atoms with Gasteiger partial charge in [-0.25, -0.2) is 0 Å². The molecular weight excluding hydrogens is 188 g/mol. The number of carbonyl (C=O) groups is 1. The Morgan fingerprint density at radius 1 is 1.62 bits per heavy atom. The van der Waals surface area contributed by atoms with Crippen LogP contribution in [0.5, 0.6) is 0 Å². The lowest BCUT2D eigenvalue weighted by Crippen LogP contribution is -2.36. The van der Waals surface area contributed by atoms with E-state index in [1.54, 1.807) is 0 Å². The molecule has 0 aromatic heterocycles. The van der Waals surface area contributed by atoms with E-state index >= 15 is 0 Å². The first-order chi connectivity index (χ1) is 6.27. The highest BCUT2D eigenvalue weighted by molar-refractivity contribution is 6.27. The molecule has 0 aliphatic heterocycles. The second kappa shape index (κ2) is 5.45. The van der Waals surface area contributed by atoms with Gasteiger partial charge in [0.05, 0.1) is 0 Å². The number of likely N-dealkylation sites (N-methyl/N-ethyl adjacent to an activating group) is 1. The number of hydrogen-bond donors (Lipinski definition) is 1. The number of hydrogen-bond acceptors (Lipinski definition) is 2. The van der Waals surface area contributed by atoms with Crippen LogP contribution in [0.25, 0.3) is 0 Å². The van der Waals surface area contributed by atoms with Crippen LogP contribution in [0.4, 0.5) is 0 Å². The van der Waals surface area contributed by atoms with Crippen LogP contribution < -0.4 is 5.32 Å². The number of halogens is 1. The van der Waals surface area contributed by atoms with Crippen LogP contribution in [0.3, 0.4) is 0 Å². The molecule has 1 fully saturated rings. The second-order valence-electron chi connectivity index (χ2n) is 3.34. The predicted octanol–water partition coefficient (Wildman–Crippen LogP) is 0.826. The maximum atomic E-state index is 10.8. The number of nitrogens with one attached hydrogen (secondary N) is 1. The van der Waals surface area contributed by atoms with E-state index in [0.717, 1.165) is 25.7 Å². The largest absolute Gasteiger partial charge is 0.354 e. The molecule has 1 rings (SSSR count). The van der Waals surface area contributed by atoms with E-state index in [0.29, 0.717) is 0 Å². The first-order valence-corrected chi connectivity index (χ1v) is 5.38. The van der Waals surface area contributed by atoms with E-state index in [4.69, 9.17) is 11.6 Å². The molecule has 1 saturated carbocycles. The van der Waals surface area contributed by atoms with Crippen LogP contribution in [-0.2, 0) is 4.79 Å². The Hall–Kier alpha value is -0.280. The monoisotopic (exact) mass is 204 g/mol. The summed E-state index contributed by atoms with van der Waals surface area (Å²) in [7, 11) is 0. The summed E-state index contributed by atoms with van der Waals surface area (Å²) in [6, 6.07) is 0.776. The van der Waals surface area contributed by atoms with Crippen molar-refractivity contribution in [3.05, 3.63) is 0 Å². The lowest BCUT2D eigenvalue weighted by Gasteiger charge is -2.19. The Labute approximate surface area is 84.4 Å². The molecule has 4 heteroatoms. The standard InChI is InChI=1S/C9H17ClN2O/c1-2-12(8-3-4-8)6-5-11-9(13)7-10/h8H,2-7H2,1H3,(H,11,13). The second-order valence-corrected chi connectivity index (χ2v) is 3.61. The van der Waals surface area contributed by atoms with E-state index in [1.165, 1.54) is 12.8 Å². The van der Waals surface area contributed by atoms with Gasteiger partial charge in [-0.3, -0.25) is 9.69 Å². The Kier molecular flexibility index (Phi) is 4.53. The molecule has 3 nitrogen and oxygen atoms in total. The zero-order chi connectivity index (χ0) is 9.68. The van der Waals surface area contributed by atoms with Gasteiger partial charge in [-0.05, 0) is 19.4 Å². The summed E-state index contributed by atoms with van der Waals surface area (Å²) in [5.74, 6) is -0.0104. The van der Waals surface area contributed by atoms with Crippen molar-refractivity contribution in [2.24, 2.45) is 0 Å². The average Bonchev–Trinajstić information content (AvgIpc) is 2.95. The summed E-state index contributed by atoms with van der Waals surface area (Å²) >= 11 is 5.35. The van der Waals surface area contributed by atoms with Gasteiger partial charge in [-0.1, -0.05) is 6.92 Å². The molecule has 1 aliphatic carbocycles. The topological polar surface area (TPSA) is 32.3 Å². The van der Waals surface area contributed by atoms with E-state index < -0.39 is 0 Å². The highest BCUT2D eigenvalue weighted by Crippen LogP contribution is 2.25. The number of carbonyl (C=O) groups excluding carboxylic acids is 1. The SMILES string of the molecule is CCN(CCNC(=O)CCl)C1CC1. The molecule has 0 aromatic carbocycles. The lowest BCUT2D eigenvalue weighted by molar-refractivity contribution is -0.118. The Bertz CT molecular complexity index is 171. The fraction of sp³-hybridized carbons (Fsp3) is 0.889. The van der Waals surface area contributed by atoms with Crippen LogP contribution in [0.1, 0.15) is 19.8 Å². The molecule has 1 amide bonds. The zero-order valence-electron chi connectivity index (χ0n) is 8.05. The highest BCUT2D eigenvalue weighted by Gasteiger charge is 2.27. The molecule has 13 heavy (non-hydrogen) atoms. The highest BCUT2D eigenvalue weighted by atomic mass is 35.5. The first-order valence-electron chi connectivity index (χ1n) is 4.84. The van der Waals surface area contributed by atoms with Gasteiger partial charge in [0.2, 0.25) is 5.91 Å². The minimum Gasteiger partial charge on any atom is -0.354 e. The summed E-state index contributed by atoms with van der Waals surface area (Å²) in [5.41, 5.74) is 0. The van der Waals surface area contributed by atoms with Gasteiger partial charge in [0.25, 0.3) is 0 Å². The fourth-order valence-electron chi connectivity index (χ4n) is 1.42. The van der Waals surface area contributed by atoms with E-state index in [-0.39, 0.29) is 11.8 Å². The van der Waals surface area contributed by atoms with Crippen molar-refractivity contribution in [3.8, 4) is 0 Å². The quantitative estimate of drug-likeness (QED) is 0.650. The molecule has 0 saturated heterocycles. The van der Waals surface area contributed by atoms with Crippen LogP contribution in [0.2, 0.25) is 0 Å². The smallest absolute Gasteiger partial charge is 0.234 e. The lowest BCUT2D eigenvalue weighted by atomic mass is 10.4. The minimum absolute atomic E-state index is 0.0650. The molecule has 1 aliphatic rings. The minimum atomic E-state index is -0.0754. The number of nitrogens with zero attached hydrogens (tertiary/aromatic N) is 1. The first kappa shape index (κ1) is 10.8. The Morgan fingerprint density at radius 2 is 2.31 bits per heavy atom. The van der Waals surface area contributed by atoms with Crippen LogP contribution in [-0.4, -0.2) is 42.4 Å².